The Kier molecular flexibility index (Phi) is 2.27. The standard InChI is InChI=1S/C6H4F4O3/c7-5(8)6(9,10)2-1-3(11)13-4(2)12/h2,5H,1H2. The smallest absolute Gasteiger partial charge is 0.323 e. The van der Waals surface area contributed by atoms with Gasteiger partial charge >= 0.3 is 24.3 Å². The molecule has 7 heteroatoms. The van der Waals surface area contributed by atoms with Gasteiger partial charge in [0.05, 0.1) is 6.42 Å². The molecule has 1 unspecified atom stereocenters. The summed E-state index contributed by atoms with van der Waals surface area (Å²) >= 11 is 0. The highest BCUT2D eigenvalue weighted by atomic mass is 19.3. The Morgan fingerprint density at radius 3 is 2.23 bits per heavy atom. The lowest BCUT2D eigenvalue weighted by molar-refractivity contribution is -0.179. The van der Waals surface area contributed by atoms with Crippen molar-refractivity contribution in [3.8, 4) is 0 Å². The van der Waals surface area contributed by atoms with Crippen molar-refractivity contribution >= 4 is 11.9 Å². The van der Waals surface area contributed by atoms with Gasteiger partial charge in [-0.3, -0.25) is 9.59 Å². The van der Waals surface area contributed by atoms with E-state index >= 15 is 0 Å². The number of cyclic esters (lactones) is 2. The van der Waals surface area contributed by atoms with E-state index in [-0.39, 0.29) is 0 Å². The maximum Gasteiger partial charge on any atom is 0.323 e. The molecular weight excluding hydrogens is 196 g/mol. The van der Waals surface area contributed by atoms with E-state index in [0.29, 0.717) is 0 Å². The molecule has 1 aliphatic heterocycles. The third-order valence-corrected chi connectivity index (χ3v) is 1.63. The maximum absolute atomic E-state index is 12.5. The lowest BCUT2D eigenvalue weighted by atomic mass is 10.0. The summed E-state index contributed by atoms with van der Waals surface area (Å²) in [5.41, 5.74) is 0. The zero-order valence-electron chi connectivity index (χ0n) is 6.10. The summed E-state index contributed by atoms with van der Waals surface area (Å²) in [6.07, 6.45) is -4.97. The highest BCUT2D eigenvalue weighted by molar-refractivity contribution is 5.95. The van der Waals surface area contributed by atoms with Gasteiger partial charge < -0.3 is 4.74 Å². The van der Waals surface area contributed by atoms with Crippen LogP contribution in [0.1, 0.15) is 6.42 Å². The molecule has 0 aromatic heterocycles. The summed E-state index contributed by atoms with van der Waals surface area (Å²) < 4.78 is 52.1. The van der Waals surface area contributed by atoms with E-state index in [1.54, 1.807) is 0 Å². The van der Waals surface area contributed by atoms with Crippen LogP contribution in [0.2, 0.25) is 0 Å². The Balaban J connectivity index is 2.83. The molecule has 1 fully saturated rings. The largest absolute Gasteiger partial charge is 0.393 e. The van der Waals surface area contributed by atoms with Gasteiger partial charge in [-0.05, 0) is 0 Å². The number of hydrogen-bond donors (Lipinski definition) is 0. The molecule has 0 aromatic rings. The van der Waals surface area contributed by atoms with E-state index in [1.165, 1.54) is 0 Å². The first kappa shape index (κ1) is 9.94. The minimum atomic E-state index is -4.50. The number of hydrogen-bond acceptors (Lipinski definition) is 3. The van der Waals surface area contributed by atoms with E-state index in [2.05, 4.69) is 4.74 Å². The van der Waals surface area contributed by atoms with Gasteiger partial charge in [0.15, 0.2) is 0 Å². The van der Waals surface area contributed by atoms with Gasteiger partial charge in [0, 0.05) is 0 Å². The van der Waals surface area contributed by atoms with E-state index in [1.807, 2.05) is 0 Å². The molecule has 0 amide bonds. The van der Waals surface area contributed by atoms with Gasteiger partial charge in [-0.1, -0.05) is 0 Å². The van der Waals surface area contributed by atoms with Crippen molar-refractivity contribution < 1.29 is 31.9 Å². The molecule has 1 aliphatic rings. The Bertz CT molecular complexity index is 250. The predicted molar refractivity (Wildman–Crippen MR) is 30.2 cm³/mol. The Morgan fingerprint density at radius 2 is 1.92 bits per heavy atom. The van der Waals surface area contributed by atoms with Gasteiger partial charge in [-0.25, -0.2) is 8.78 Å². The molecule has 0 saturated carbocycles. The quantitative estimate of drug-likeness (QED) is 0.379. The number of esters is 2. The molecule has 13 heavy (non-hydrogen) atoms. The number of carbonyl (C=O) groups is 2. The Morgan fingerprint density at radius 1 is 1.38 bits per heavy atom. The Hall–Kier alpha value is -1.14. The molecule has 0 radical (unpaired) electrons. The summed E-state index contributed by atoms with van der Waals surface area (Å²) in [4.78, 5) is 20.8. The number of alkyl halides is 4. The zero-order chi connectivity index (χ0) is 10.2. The SMILES string of the molecule is O=C1CC(C(F)(F)C(F)F)C(=O)O1. The molecule has 3 nitrogen and oxygen atoms in total. The first-order valence-electron chi connectivity index (χ1n) is 3.26. The fourth-order valence-electron chi connectivity index (χ4n) is 0.920. The highest BCUT2D eigenvalue weighted by Crippen LogP contribution is 2.37. The molecule has 1 heterocycles. The summed E-state index contributed by atoms with van der Waals surface area (Å²) in [5.74, 6) is -9.63. The maximum atomic E-state index is 12.5. The van der Waals surface area contributed by atoms with Crippen LogP contribution < -0.4 is 0 Å². The van der Waals surface area contributed by atoms with Gasteiger partial charge in [0.25, 0.3) is 0 Å². The molecule has 74 valence electrons. The monoisotopic (exact) mass is 200 g/mol. The Labute approximate surface area is 69.7 Å². The van der Waals surface area contributed by atoms with Crippen molar-refractivity contribution in [3.05, 3.63) is 0 Å². The fourth-order valence-corrected chi connectivity index (χ4v) is 0.920. The minimum absolute atomic E-state index is 0.990. The third kappa shape index (κ3) is 1.63. The van der Waals surface area contributed by atoms with E-state index in [4.69, 9.17) is 0 Å². The molecule has 0 aromatic carbocycles. The number of carbonyl (C=O) groups excluding carboxylic acids is 2. The summed E-state index contributed by atoms with van der Waals surface area (Å²) in [6.45, 7) is 0. The molecule has 1 rings (SSSR count). The molecule has 0 aliphatic carbocycles. The van der Waals surface area contributed by atoms with Gasteiger partial charge in [-0.2, -0.15) is 8.78 Å². The average Bonchev–Trinajstić information content (AvgIpc) is 2.30. The van der Waals surface area contributed by atoms with Gasteiger partial charge in [-0.15, -0.1) is 0 Å². The number of rotatable bonds is 2. The summed E-state index contributed by atoms with van der Waals surface area (Å²) in [7, 11) is 0. The molecular formula is C6H4F4O3. The second-order valence-corrected chi connectivity index (χ2v) is 2.53. The van der Waals surface area contributed by atoms with Crippen LogP contribution in [0.4, 0.5) is 17.6 Å². The molecule has 1 atom stereocenters. The van der Waals surface area contributed by atoms with Crippen LogP contribution in [0.25, 0.3) is 0 Å². The zero-order valence-corrected chi connectivity index (χ0v) is 6.10. The average molecular weight is 200 g/mol. The van der Waals surface area contributed by atoms with E-state index < -0.39 is 36.6 Å². The molecule has 0 N–H and O–H groups in total. The van der Waals surface area contributed by atoms with Crippen LogP contribution in [0.15, 0.2) is 0 Å². The van der Waals surface area contributed by atoms with Crippen LogP contribution in [0.3, 0.4) is 0 Å². The highest BCUT2D eigenvalue weighted by Gasteiger charge is 2.57. The fraction of sp³-hybridized carbons (Fsp3) is 0.667. The van der Waals surface area contributed by atoms with Gasteiger partial charge in [0.2, 0.25) is 0 Å². The van der Waals surface area contributed by atoms with Crippen molar-refractivity contribution in [2.24, 2.45) is 5.92 Å². The number of halogens is 4. The van der Waals surface area contributed by atoms with Crippen molar-refractivity contribution in [3.63, 3.8) is 0 Å². The summed E-state index contributed by atoms with van der Waals surface area (Å²) in [5, 5.41) is 0. The predicted octanol–water partition coefficient (Wildman–Crippen LogP) is 0.977. The second-order valence-electron chi connectivity index (χ2n) is 2.53. The van der Waals surface area contributed by atoms with Crippen molar-refractivity contribution in [2.45, 2.75) is 18.8 Å². The molecule has 0 bridgehead atoms. The normalized spacial score (nSPS) is 23.9. The van der Waals surface area contributed by atoms with Crippen LogP contribution >= 0.6 is 0 Å². The third-order valence-electron chi connectivity index (χ3n) is 1.63. The van der Waals surface area contributed by atoms with Crippen molar-refractivity contribution in [1.29, 1.82) is 0 Å². The first-order chi connectivity index (χ1) is 5.85. The lowest BCUT2D eigenvalue weighted by Crippen LogP contribution is -2.38. The molecule has 1 saturated heterocycles. The topological polar surface area (TPSA) is 43.4 Å². The van der Waals surface area contributed by atoms with E-state index in [0.717, 1.165) is 0 Å². The number of ether oxygens (including phenoxy) is 1. The van der Waals surface area contributed by atoms with Crippen LogP contribution in [0, 0.1) is 5.92 Å². The van der Waals surface area contributed by atoms with Crippen molar-refractivity contribution in [2.75, 3.05) is 0 Å². The van der Waals surface area contributed by atoms with Crippen LogP contribution in [-0.4, -0.2) is 24.3 Å². The minimum Gasteiger partial charge on any atom is -0.393 e. The first-order valence-corrected chi connectivity index (χ1v) is 3.26. The second kappa shape index (κ2) is 2.97. The molecule has 0 spiro atoms. The lowest BCUT2D eigenvalue weighted by Gasteiger charge is -2.17. The van der Waals surface area contributed by atoms with Crippen LogP contribution in [0.5, 0.6) is 0 Å². The van der Waals surface area contributed by atoms with Crippen molar-refractivity contribution in [1.82, 2.24) is 0 Å². The van der Waals surface area contributed by atoms with Gasteiger partial charge in [0.1, 0.15) is 5.92 Å². The van der Waals surface area contributed by atoms with Crippen LogP contribution in [-0.2, 0) is 14.3 Å². The summed E-state index contributed by atoms with van der Waals surface area (Å²) in [6, 6.07) is 0. The van der Waals surface area contributed by atoms with E-state index in [9.17, 15) is 27.2 Å².